The summed E-state index contributed by atoms with van der Waals surface area (Å²) in [6.45, 7) is 1.73. The van der Waals surface area contributed by atoms with Gasteiger partial charge in [-0.2, -0.15) is 0 Å². The second kappa shape index (κ2) is 5.87. The van der Waals surface area contributed by atoms with Crippen molar-refractivity contribution in [1.82, 2.24) is 0 Å². The lowest BCUT2D eigenvalue weighted by Gasteiger charge is -2.09. The molecule has 2 aromatic carbocycles. The summed E-state index contributed by atoms with van der Waals surface area (Å²) in [7, 11) is 0. The van der Waals surface area contributed by atoms with Crippen LogP contribution in [0.15, 0.2) is 56.7 Å². The Morgan fingerprint density at radius 2 is 1.72 bits per heavy atom. The second-order valence-corrected chi connectivity index (χ2v) is 5.92. The molecule has 0 fully saturated rings. The van der Waals surface area contributed by atoms with E-state index in [-0.39, 0.29) is 5.82 Å². The van der Waals surface area contributed by atoms with Gasteiger partial charge < -0.3 is 5.11 Å². The van der Waals surface area contributed by atoms with E-state index < -0.39 is 6.10 Å². The van der Waals surface area contributed by atoms with E-state index in [9.17, 15) is 9.50 Å². The summed E-state index contributed by atoms with van der Waals surface area (Å²) in [4.78, 5) is 2.02. The lowest BCUT2D eigenvalue weighted by Crippen LogP contribution is -1.92. The van der Waals surface area contributed by atoms with Crippen LogP contribution in [0, 0.1) is 5.82 Å². The highest BCUT2D eigenvalue weighted by Gasteiger charge is 2.07. The molecule has 1 atom stereocenters. The molecule has 1 unspecified atom stereocenters. The molecule has 0 amide bonds. The normalized spacial score (nSPS) is 12.4. The van der Waals surface area contributed by atoms with Crippen molar-refractivity contribution in [3.8, 4) is 0 Å². The number of benzene rings is 2. The van der Waals surface area contributed by atoms with Crippen LogP contribution in [0.5, 0.6) is 0 Å². The van der Waals surface area contributed by atoms with Crippen molar-refractivity contribution in [2.24, 2.45) is 0 Å². The third kappa shape index (κ3) is 3.34. The van der Waals surface area contributed by atoms with Crippen LogP contribution in [0.1, 0.15) is 18.6 Å². The fraction of sp³-hybridized carbons (Fsp3) is 0.143. The van der Waals surface area contributed by atoms with Crippen molar-refractivity contribution in [2.45, 2.75) is 22.8 Å². The maximum Gasteiger partial charge on any atom is 0.123 e. The highest BCUT2D eigenvalue weighted by atomic mass is 79.9. The number of aliphatic hydroxyl groups is 1. The van der Waals surface area contributed by atoms with Gasteiger partial charge in [-0.25, -0.2) is 4.39 Å². The van der Waals surface area contributed by atoms with Crippen molar-refractivity contribution >= 4 is 27.7 Å². The van der Waals surface area contributed by atoms with Gasteiger partial charge in [0.05, 0.1) is 6.10 Å². The van der Waals surface area contributed by atoms with Crippen LogP contribution in [-0.4, -0.2) is 5.11 Å². The van der Waals surface area contributed by atoms with E-state index in [0.717, 1.165) is 19.8 Å². The molecule has 0 saturated heterocycles. The molecule has 2 rings (SSSR count). The minimum atomic E-state index is -0.496. The Hall–Kier alpha value is -0.840. The fourth-order valence-corrected chi connectivity index (χ4v) is 3.27. The number of rotatable bonds is 3. The minimum Gasteiger partial charge on any atom is -0.389 e. The molecular formula is C14H12BrFOS. The zero-order chi connectivity index (χ0) is 13.1. The lowest BCUT2D eigenvalue weighted by molar-refractivity contribution is 0.198. The third-order valence-corrected chi connectivity index (χ3v) is 4.16. The molecule has 0 aliphatic rings. The Morgan fingerprint density at radius 1 is 1.11 bits per heavy atom. The number of hydrogen-bond donors (Lipinski definition) is 1. The van der Waals surface area contributed by atoms with Gasteiger partial charge in [-0.3, -0.25) is 0 Å². The molecule has 0 bridgehead atoms. The van der Waals surface area contributed by atoms with Gasteiger partial charge >= 0.3 is 0 Å². The van der Waals surface area contributed by atoms with E-state index >= 15 is 0 Å². The highest BCUT2D eigenvalue weighted by molar-refractivity contribution is 9.10. The van der Waals surface area contributed by atoms with Crippen LogP contribution >= 0.6 is 27.7 Å². The zero-order valence-electron chi connectivity index (χ0n) is 9.73. The van der Waals surface area contributed by atoms with Crippen LogP contribution in [0.4, 0.5) is 4.39 Å². The highest BCUT2D eigenvalue weighted by Crippen LogP contribution is 2.32. The number of hydrogen-bond acceptors (Lipinski definition) is 2. The Kier molecular flexibility index (Phi) is 4.43. The molecule has 1 nitrogen and oxygen atoms in total. The minimum absolute atomic E-state index is 0.231. The Bertz CT molecular complexity index is 540. The molecule has 0 spiro atoms. The average molecular weight is 327 g/mol. The van der Waals surface area contributed by atoms with E-state index in [2.05, 4.69) is 15.9 Å². The predicted molar refractivity (Wildman–Crippen MR) is 75.3 cm³/mol. The van der Waals surface area contributed by atoms with Gasteiger partial charge in [0.2, 0.25) is 0 Å². The first-order valence-corrected chi connectivity index (χ1v) is 7.08. The fourth-order valence-electron chi connectivity index (χ4n) is 1.55. The van der Waals surface area contributed by atoms with Crippen molar-refractivity contribution in [3.05, 3.63) is 58.3 Å². The van der Waals surface area contributed by atoms with Crippen LogP contribution in [0.25, 0.3) is 0 Å². The van der Waals surface area contributed by atoms with Gasteiger partial charge in [0.1, 0.15) is 5.82 Å². The number of aliphatic hydroxyl groups excluding tert-OH is 1. The van der Waals surface area contributed by atoms with Crippen LogP contribution in [-0.2, 0) is 0 Å². The summed E-state index contributed by atoms with van der Waals surface area (Å²) in [5.41, 5.74) is 0.860. The summed E-state index contributed by atoms with van der Waals surface area (Å²) in [5, 5.41) is 9.54. The van der Waals surface area contributed by atoms with Crippen molar-refractivity contribution < 1.29 is 9.50 Å². The molecule has 0 aliphatic carbocycles. The Labute approximate surface area is 118 Å². The summed E-state index contributed by atoms with van der Waals surface area (Å²) in [6, 6.07) is 12.2. The predicted octanol–water partition coefficient (Wildman–Crippen LogP) is 4.79. The molecule has 18 heavy (non-hydrogen) atoms. The maximum atomic E-state index is 12.8. The smallest absolute Gasteiger partial charge is 0.123 e. The Morgan fingerprint density at radius 3 is 2.28 bits per heavy atom. The van der Waals surface area contributed by atoms with Gasteiger partial charge in [0.15, 0.2) is 0 Å². The molecule has 0 aromatic heterocycles. The summed E-state index contributed by atoms with van der Waals surface area (Å²) >= 11 is 4.99. The van der Waals surface area contributed by atoms with E-state index in [0.29, 0.717) is 0 Å². The van der Waals surface area contributed by atoms with Gasteiger partial charge in [-0.1, -0.05) is 33.8 Å². The summed E-state index contributed by atoms with van der Waals surface area (Å²) in [6.07, 6.45) is -0.496. The van der Waals surface area contributed by atoms with Gasteiger partial charge in [0, 0.05) is 14.3 Å². The molecule has 2 aromatic rings. The first kappa shape index (κ1) is 13.6. The van der Waals surface area contributed by atoms with Gasteiger partial charge in [0.25, 0.3) is 0 Å². The first-order valence-electron chi connectivity index (χ1n) is 5.47. The molecule has 0 heterocycles. The van der Waals surface area contributed by atoms with E-state index in [1.807, 2.05) is 18.2 Å². The zero-order valence-corrected chi connectivity index (χ0v) is 12.1. The molecule has 0 saturated carbocycles. The van der Waals surface area contributed by atoms with Gasteiger partial charge in [-0.15, -0.1) is 0 Å². The topological polar surface area (TPSA) is 20.2 Å². The van der Waals surface area contributed by atoms with Gasteiger partial charge in [-0.05, 0) is 48.9 Å². The lowest BCUT2D eigenvalue weighted by atomic mass is 10.1. The molecule has 1 N–H and O–H groups in total. The largest absolute Gasteiger partial charge is 0.389 e. The van der Waals surface area contributed by atoms with Crippen LogP contribution in [0.2, 0.25) is 0 Å². The summed E-state index contributed by atoms with van der Waals surface area (Å²) in [5.74, 6) is -0.231. The first-order chi connectivity index (χ1) is 8.56. The molecule has 4 heteroatoms. The van der Waals surface area contributed by atoms with Crippen molar-refractivity contribution in [2.75, 3.05) is 0 Å². The standard InChI is InChI=1S/C14H12BrFOS/c1-9(17)13-7-6-12(8-14(13)15)18-11-4-2-10(16)3-5-11/h2-9,17H,1H3. The molecular weight excluding hydrogens is 315 g/mol. The van der Waals surface area contributed by atoms with Crippen LogP contribution in [0.3, 0.4) is 0 Å². The molecule has 94 valence electrons. The Balaban J connectivity index is 2.20. The molecule has 0 aliphatic heterocycles. The van der Waals surface area contributed by atoms with Crippen molar-refractivity contribution in [1.29, 1.82) is 0 Å². The second-order valence-electron chi connectivity index (χ2n) is 3.92. The van der Waals surface area contributed by atoms with Crippen LogP contribution < -0.4 is 0 Å². The number of halogens is 2. The quantitative estimate of drug-likeness (QED) is 0.874. The van der Waals surface area contributed by atoms with E-state index in [1.165, 1.54) is 12.1 Å². The van der Waals surface area contributed by atoms with Crippen molar-refractivity contribution in [3.63, 3.8) is 0 Å². The van der Waals surface area contributed by atoms with E-state index in [4.69, 9.17) is 0 Å². The monoisotopic (exact) mass is 326 g/mol. The molecule has 0 radical (unpaired) electrons. The average Bonchev–Trinajstić information content (AvgIpc) is 2.32. The maximum absolute atomic E-state index is 12.8. The summed E-state index contributed by atoms with van der Waals surface area (Å²) < 4.78 is 13.7. The SMILES string of the molecule is CC(O)c1ccc(Sc2ccc(F)cc2)cc1Br. The van der Waals surface area contributed by atoms with E-state index in [1.54, 1.807) is 30.8 Å². The third-order valence-electron chi connectivity index (χ3n) is 2.47.